The van der Waals surface area contributed by atoms with Crippen LogP contribution in [0.2, 0.25) is 0 Å². The van der Waals surface area contributed by atoms with Crippen molar-refractivity contribution in [1.29, 1.82) is 0 Å². The van der Waals surface area contributed by atoms with E-state index < -0.39 is 5.91 Å². The maximum Gasteiger partial charge on any atom is 0.220 e. The summed E-state index contributed by atoms with van der Waals surface area (Å²) in [6.07, 6.45) is 2.52. The van der Waals surface area contributed by atoms with Crippen molar-refractivity contribution in [2.24, 2.45) is 5.73 Å². The minimum absolute atomic E-state index is 0.0636. The Hall–Kier alpha value is -1.06. The Morgan fingerprint density at radius 1 is 1.36 bits per heavy atom. The molecule has 1 fully saturated rings. The van der Waals surface area contributed by atoms with Crippen LogP contribution in [0.1, 0.15) is 25.7 Å². The van der Waals surface area contributed by atoms with Crippen molar-refractivity contribution in [1.82, 2.24) is 5.32 Å². The predicted octanol–water partition coefficient (Wildman–Crippen LogP) is -0.470. The first-order valence-electron chi connectivity index (χ1n) is 3.76. The number of hydrogen-bond acceptors (Lipinski definition) is 2. The Morgan fingerprint density at radius 3 is 2.45 bits per heavy atom. The minimum Gasteiger partial charge on any atom is -0.370 e. The van der Waals surface area contributed by atoms with Gasteiger partial charge in [0.15, 0.2) is 0 Å². The van der Waals surface area contributed by atoms with Gasteiger partial charge in [-0.3, -0.25) is 9.59 Å². The van der Waals surface area contributed by atoms with Gasteiger partial charge >= 0.3 is 0 Å². The molecule has 2 amide bonds. The molecule has 1 aliphatic rings. The average molecular weight is 156 g/mol. The van der Waals surface area contributed by atoms with Crippen molar-refractivity contribution in [2.45, 2.75) is 31.7 Å². The molecule has 1 rings (SSSR count). The zero-order chi connectivity index (χ0) is 8.27. The van der Waals surface area contributed by atoms with E-state index in [2.05, 4.69) is 5.32 Å². The highest BCUT2D eigenvalue weighted by atomic mass is 16.2. The van der Waals surface area contributed by atoms with Crippen LogP contribution in [-0.2, 0) is 9.59 Å². The SMILES string of the molecule is NC(=O)CCC(=O)NC1CC1. The third kappa shape index (κ3) is 3.60. The highest BCUT2D eigenvalue weighted by Crippen LogP contribution is 2.18. The van der Waals surface area contributed by atoms with Gasteiger partial charge in [0.05, 0.1) is 0 Å². The van der Waals surface area contributed by atoms with Crippen LogP contribution >= 0.6 is 0 Å². The first kappa shape index (κ1) is 8.04. The van der Waals surface area contributed by atoms with Gasteiger partial charge in [-0.05, 0) is 12.8 Å². The van der Waals surface area contributed by atoms with Gasteiger partial charge in [-0.1, -0.05) is 0 Å². The van der Waals surface area contributed by atoms with Crippen molar-refractivity contribution in [3.63, 3.8) is 0 Å². The topological polar surface area (TPSA) is 72.2 Å². The summed E-state index contributed by atoms with van der Waals surface area (Å²) in [5.41, 5.74) is 4.87. The normalized spacial score (nSPS) is 16.0. The summed E-state index contributed by atoms with van der Waals surface area (Å²) < 4.78 is 0. The van der Waals surface area contributed by atoms with Gasteiger partial charge in [-0.2, -0.15) is 0 Å². The second-order valence-corrected chi connectivity index (χ2v) is 2.81. The lowest BCUT2D eigenvalue weighted by Gasteiger charge is -1.99. The monoisotopic (exact) mass is 156 g/mol. The largest absolute Gasteiger partial charge is 0.370 e. The van der Waals surface area contributed by atoms with E-state index in [4.69, 9.17) is 5.73 Å². The van der Waals surface area contributed by atoms with Gasteiger partial charge in [-0.25, -0.2) is 0 Å². The first-order valence-corrected chi connectivity index (χ1v) is 3.76. The smallest absolute Gasteiger partial charge is 0.220 e. The van der Waals surface area contributed by atoms with Crippen LogP contribution in [0.3, 0.4) is 0 Å². The van der Waals surface area contributed by atoms with Crippen molar-refractivity contribution in [3.05, 3.63) is 0 Å². The number of nitrogens with one attached hydrogen (secondary N) is 1. The van der Waals surface area contributed by atoms with Gasteiger partial charge in [-0.15, -0.1) is 0 Å². The third-order valence-electron chi connectivity index (χ3n) is 1.54. The number of primary amides is 1. The molecule has 0 aromatic rings. The number of hydrogen-bond donors (Lipinski definition) is 2. The Morgan fingerprint density at radius 2 is 2.00 bits per heavy atom. The number of carbonyl (C=O) groups excluding carboxylic acids is 2. The molecule has 0 aromatic carbocycles. The highest BCUT2D eigenvalue weighted by molar-refractivity contribution is 5.83. The molecule has 4 heteroatoms. The van der Waals surface area contributed by atoms with Crippen LogP contribution < -0.4 is 11.1 Å². The maximum atomic E-state index is 10.9. The van der Waals surface area contributed by atoms with Crippen molar-refractivity contribution >= 4 is 11.8 Å². The minimum atomic E-state index is -0.420. The molecule has 11 heavy (non-hydrogen) atoms. The van der Waals surface area contributed by atoms with Crippen LogP contribution in [0.15, 0.2) is 0 Å². The Bertz CT molecular complexity index is 175. The number of carbonyl (C=O) groups is 2. The van der Waals surface area contributed by atoms with E-state index in [-0.39, 0.29) is 18.7 Å². The van der Waals surface area contributed by atoms with E-state index in [1.54, 1.807) is 0 Å². The lowest BCUT2D eigenvalue weighted by Crippen LogP contribution is -2.26. The fraction of sp³-hybridized carbons (Fsp3) is 0.714. The first-order chi connectivity index (χ1) is 5.18. The summed E-state index contributed by atoms with van der Waals surface area (Å²) in [4.78, 5) is 21.1. The summed E-state index contributed by atoms with van der Waals surface area (Å²) in [6, 6.07) is 0.371. The molecule has 62 valence electrons. The van der Waals surface area contributed by atoms with Crippen LogP contribution in [0.25, 0.3) is 0 Å². The summed E-state index contributed by atoms with van der Waals surface area (Å²) in [7, 11) is 0. The van der Waals surface area contributed by atoms with E-state index in [9.17, 15) is 9.59 Å². The second kappa shape index (κ2) is 3.37. The molecule has 0 aromatic heterocycles. The molecule has 0 radical (unpaired) electrons. The molecule has 1 aliphatic carbocycles. The molecule has 3 N–H and O–H groups in total. The zero-order valence-corrected chi connectivity index (χ0v) is 6.30. The van der Waals surface area contributed by atoms with Gasteiger partial charge < -0.3 is 11.1 Å². The molecule has 0 saturated heterocycles. The van der Waals surface area contributed by atoms with Crippen LogP contribution in [0.5, 0.6) is 0 Å². The fourth-order valence-corrected chi connectivity index (χ4v) is 0.764. The lowest BCUT2D eigenvalue weighted by molar-refractivity contribution is -0.125. The summed E-state index contributed by atoms with van der Waals surface area (Å²) >= 11 is 0. The van der Waals surface area contributed by atoms with E-state index in [0.717, 1.165) is 12.8 Å². The molecule has 0 atom stereocenters. The molecular weight excluding hydrogens is 144 g/mol. The summed E-state index contributed by atoms with van der Waals surface area (Å²) in [5, 5.41) is 2.76. The standard InChI is InChI=1S/C7H12N2O2/c8-6(10)3-4-7(11)9-5-1-2-5/h5H,1-4H2,(H2,8,10)(H,9,11). The average Bonchev–Trinajstić information content (AvgIpc) is 2.67. The Balaban J connectivity index is 2.04. The third-order valence-corrected chi connectivity index (χ3v) is 1.54. The van der Waals surface area contributed by atoms with Gasteiger partial charge in [0.25, 0.3) is 0 Å². The summed E-state index contributed by atoms with van der Waals surface area (Å²) in [6.45, 7) is 0. The van der Waals surface area contributed by atoms with Crippen molar-refractivity contribution in [3.8, 4) is 0 Å². The van der Waals surface area contributed by atoms with Crippen molar-refractivity contribution in [2.75, 3.05) is 0 Å². The number of rotatable bonds is 4. The molecule has 0 unspecified atom stereocenters. The van der Waals surface area contributed by atoms with Gasteiger partial charge in [0.2, 0.25) is 11.8 Å². The zero-order valence-electron chi connectivity index (χ0n) is 6.30. The lowest BCUT2D eigenvalue weighted by atomic mass is 10.3. The van der Waals surface area contributed by atoms with E-state index in [1.807, 2.05) is 0 Å². The van der Waals surface area contributed by atoms with E-state index >= 15 is 0 Å². The number of nitrogens with two attached hydrogens (primary N) is 1. The molecule has 0 bridgehead atoms. The quantitative estimate of drug-likeness (QED) is 0.577. The molecule has 0 heterocycles. The van der Waals surface area contributed by atoms with Crippen molar-refractivity contribution < 1.29 is 9.59 Å². The van der Waals surface area contributed by atoms with Crippen LogP contribution in [-0.4, -0.2) is 17.9 Å². The molecule has 0 spiro atoms. The van der Waals surface area contributed by atoms with Gasteiger partial charge in [0, 0.05) is 18.9 Å². The predicted molar refractivity (Wildman–Crippen MR) is 39.6 cm³/mol. The molecule has 0 aliphatic heterocycles. The molecule has 1 saturated carbocycles. The molecular formula is C7H12N2O2. The fourth-order valence-electron chi connectivity index (χ4n) is 0.764. The van der Waals surface area contributed by atoms with Gasteiger partial charge in [0.1, 0.15) is 0 Å². The summed E-state index contributed by atoms with van der Waals surface area (Å²) in [5.74, 6) is -0.484. The van der Waals surface area contributed by atoms with Crippen LogP contribution in [0, 0.1) is 0 Å². The van der Waals surface area contributed by atoms with Crippen LogP contribution in [0.4, 0.5) is 0 Å². The maximum absolute atomic E-state index is 10.9. The number of amides is 2. The van der Waals surface area contributed by atoms with E-state index in [1.165, 1.54) is 0 Å². The Kier molecular flexibility index (Phi) is 2.46. The Labute approximate surface area is 65.1 Å². The highest BCUT2D eigenvalue weighted by Gasteiger charge is 2.22. The second-order valence-electron chi connectivity index (χ2n) is 2.81. The van der Waals surface area contributed by atoms with E-state index in [0.29, 0.717) is 6.04 Å². The molecule has 4 nitrogen and oxygen atoms in total.